The van der Waals surface area contributed by atoms with Crippen LogP contribution >= 0.6 is 11.8 Å². The minimum absolute atomic E-state index is 0.875. The minimum atomic E-state index is 0.875. The van der Waals surface area contributed by atoms with Gasteiger partial charge in [-0.25, -0.2) is 0 Å². The van der Waals surface area contributed by atoms with E-state index in [4.69, 9.17) is 0 Å². The van der Waals surface area contributed by atoms with Crippen molar-refractivity contribution in [3.05, 3.63) is 71.5 Å². The summed E-state index contributed by atoms with van der Waals surface area (Å²) in [5.41, 5.74) is 5.79. The van der Waals surface area contributed by atoms with Crippen LogP contribution in [-0.2, 0) is 5.75 Å². The summed E-state index contributed by atoms with van der Waals surface area (Å²) in [7, 11) is 0. The first-order chi connectivity index (χ1) is 10.7. The zero-order valence-corrected chi connectivity index (χ0v) is 13.5. The molecule has 0 aliphatic rings. The normalized spacial score (nSPS) is 10.6. The van der Waals surface area contributed by atoms with Gasteiger partial charge in [0.2, 0.25) is 0 Å². The molecule has 22 heavy (non-hydrogen) atoms. The third kappa shape index (κ3) is 3.52. The molecule has 0 aliphatic carbocycles. The Bertz CT molecular complexity index is 755. The lowest BCUT2D eigenvalue weighted by molar-refractivity contribution is 0.934. The van der Waals surface area contributed by atoms with Crippen LogP contribution in [0.1, 0.15) is 16.7 Å². The molecule has 110 valence electrons. The number of hydrogen-bond donors (Lipinski definition) is 0. The third-order valence-corrected chi connectivity index (χ3v) is 4.43. The molecule has 2 aromatic heterocycles. The molecule has 0 bridgehead atoms. The topological polar surface area (TPSA) is 38.7 Å². The molecule has 0 radical (unpaired) electrons. The highest BCUT2D eigenvalue weighted by molar-refractivity contribution is 7.98. The number of pyridine rings is 1. The highest BCUT2D eigenvalue weighted by atomic mass is 32.2. The van der Waals surface area contributed by atoms with E-state index in [1.165, 1.54) is 16.7 Å². The molecule has 4 heteroatoms. The lowest BCUT2D eigenvalue weighted by atomic mass is 10.0. The van der Waals surface area contributed by atoms with Gasteiger partial charge in [0.05, 0.1) is 5.69 Å². The van der Waals surface area contributed by atoms with Gasteiger partial charge in [0, 0.05) is 23.7 Å². The first-order valence-electron chi connectivity index (χ1n) is 7.15. The van der Waals surface area contributed by atoms with E-state index in [1.807, 2.05) is 36.7 Å². The van der Waals surface area contributed by atoms with Crippen LogP contribution < -0.4 is 0 Å². The van der Waals surface area contributed by atoms with Crippen molar-refractivity contribution < 1.29 is 0 Å². The Morgan fingerprint density at radius 1 is 0.909 bits per heavy atom. The molecule has 0 unspecified atom stereocenters. The predicted octanol–water partition coefficient (Wildman–Crippen LogP) is 4.45. The van der Waals surface area contributed by atoms with E-state index in [2.05, 4.69) is 47.2 Å². The van der Waals surface area contributed by atoms with Crippen LogP contribution in [0.2, 0.25) is 0 Å². The summed E-state index contributed by atoms with van der Waals surface area (Å²) in [6.07, 6.45) is 3.62. The van der Waals surface area contributed by atoms with Gasteiger partial charge in [-0.1, -0.05) is 35.5 Å². The molecule has 0 atom stereocenters. The van der Waals surface area contributed by atoms with E-state index in [1.54, 1.807) is 11.8 Å². The maximum absolute atomic E-state index is 4.37. The monoisotopic (exact) mass is 307 g/mol. The zero-order chi connectivity index (χ0) is 15.4. The lowest BCUT2D eigenvalue weighted by Gasteiger charge is -2.06. The SMILES string of the molecule is Cc1ccc(-c2ccc(SCc3ccncc3)nn2)c(C)c1. The number of thioether (sulfide) groups is 1. The van der Waals surface area contributed by atoms with Gasteiger partial charge in [-0.05, 0) is 49.2 Å². The van der Waals surface area contributed by atoms with Crippen LogP contribution in [0.3, 0.4) is 0 Å². The van der Waals surface area contributed by atoms with Crippen LogP contribution in [0.15, 0.2) is 59.9 Å². The van der Waals surface area contributed by atoms with Crippen molar-refractivity contribution in [3.8, 4) is 11.3 Å². The lowest BCUT2D eigenvalue weighted by Crippen LogP contribution is -1.92. The van der Waals surface area contributed by atoms with Crippen molar-refractivity contribution in [1.29, 1.82) is 0 Å². The van der Waals surface area contributed by atoms with Gasteiger partial charge in [0.15, 0.2) is 0 Å². The largest absolute Gasteiger partial charge is 0.265 e. The molecule has 2 heterocycles. The fourth-order valence-electron chi connectivity index (χ4n) is 2.28. The van der Waals surface area contributed by atoms with Gasteiger partial charge in [-0.3, -0.25) is 4.98 Å². The number of benzene rings is 1. The summed E-state index contributed by atoms with van der Waals surface area (Å²) in [6.45, 7) is 4.21. The number of rotatable bonds is 4. The van der Waals surface area contributed by atoms with Crippen LogP contribution in [0.4, 0.5) is 0 Å². The zero-order valence-electron chi connectivity index (χ0n) is 12.7. The maximum Gasteiger partial charge on any atom is 0.119 e. The van der Waals surface area contributed by atoms with Gasteiger partial charge >= 0.3 is 0 Å². The van der Waals surface area contributed by atoms with Gasteiger partial charge in [0.1, 0.15) is 5.03 Å². The molecule has 3 aromatic rings. The summed E-state index contributed by atoms with van der Waals surface area (Å²) >= 11 is 1.68. The molecule has 3 nitrogen and oxygen atoms in total. The van der Waals surface area contributed by atoms with Gasteiger partial charge in [-0.15, -0.1) is 10.2 Å². The summed E-state index contributed by atoms with van der Waals surface area (Å²) in [6, 6.07) is 14.5. The van der Waals surface area contributed by atoms with Crippen molar-refractivity contribution in [2.45, 2.75) is 24.6 Å². The average Bonchev–Trinajstić information content (AvgIpc) is 2.55. The molecule has 0 saturated heterocycles. The second kappa shape index (κ2) is 6.71. The van der Waals surface area contributed by atoms with Crippen molar-refractivity contribution in [3.63, 3.8) is 0 Å². The van der Waals surface area contributed by atoms with Crippen molar-refractivity contribution in [1.82, 2.24) is 15.2 Å². The smallest absolute Gasteiger partial charge is 0.119 e. The Hall–Kier alpha value is -2.20. The molecular weight excluding hydrogens is 290 g/mol. The molecule has 0 aliphatic heterocycles. The standard InChI is InChI=1S/C18H17N3S/c1-13-3-4-16(14(2)11-13)17-5-6-18(21-20-17)22-12-15-7-9-19-10-8-15/h3-11H,12H2,1-2H3. The van der Waals surface area contributed by atoms with E-state index in [0.29, 0.717) is 0 Å². The van der Waals surface area contributed by atoms with Gasteiger partial charge in [-0.2, -0.15) is 0 Å². The summed E-state index contributed by atoms with van der Waals surface area (Å²) in [4.78, 5) is 4.02. The van der Waals surface area contributed by atoms with Crippen LogP contribution in [0.25, 0.3) is 11.3 Å². The van der Waals surface area contributed by atoms with Crippen molar-refractivity contribution in [2.75, 3.05) is 0 Å². The quantitative estimate of drug-likeness (QED) is 0.668. The molecule has 1 aromatic carbocycles. The first kappa shape index (κ1) is 14.7. The van der Waals surface area contributed by atoms with Crippen LogP contribution in [0, 0.1) is 13.8 Å². The average molecular weight is 307 g/mol. The Morgan fingerprint density at radius 2 is 1.73 bits per heavy atom. The highest BCUT2D eigenvalue weighted by Gasteiger charge is 2.05. The fourth-order valence-corrected chi connectivity index (χ4v) is 3.05. The van der Waals surface area contributed by atoms with E-state index < -0.39 is 0 Å². The van der Waals surface area contributed by atoms with Crippen LogP contribution in [-0.4, -0.2) is 15.2 Å². The highest BCUT2D eigenvalue weighted by Crippen LogP contribution is 2.25. The van der Waals surface area contributed by atoms with Crippen LogP contribution in [0.5, 0.6) is 0 Å². The van der Waals surface area contributed by atoms with E-state index in [9.17, 15) is 0 Å². The number of nitrogens with zero attached hydrogens (tertiary/aromatic N) is 3. The number of hydrogen-bond acceptors (Lipinski definition) is 4. The molecule has 0 saturated carbocycles. The van der Waals surface area contributed by atoms with E-state index in [-0.39, 0.29) is 0 Å². The Balaban J connectivity index is 1.72. The van der Waals surface area contributed by atoms with Crippen molar-refractivity contribution in [2.24, 2.45) is 0 Å². The molecule has 0 fully saturated rings. The third-order valence-electron chi connectivity index (χ3n) is 3.43. The second-order valence-corrected chi connectivity index (χ2v) is 6.21. The molecule has 0 N–H and O–H groups in total. The maximum atomic E-state index is 4.37. The van der Waals surface area contributed by atoms with Gasteiger partial charge < -0.3 is 0 Å². The molecule has 0 amide bonds. The van der Waals surface area contributed by atoms with Crippen molar-refractivity contribution >= 4 is 11.8 Å². The number of aryl methyl sites for hydroxylation is 2. The first-order valence-corrected chi connectivity index (χ1v) is 8.14. The van der Waals surface area contributed by atoms with E-state index in [0.717, 1.165) is 22.0 Å². The van der Waals surface area contributed by atoms with E-state index >= 15 is 0 Å². The predicted molar refractivity (Wildman–Crippen MR) is 90.7 cm³/mol. The Kier molecular flexibility index (Phi) is 4.49. The second-order valence-electron chi connectivity index (χ2n) is 5.22. The fraction of sp³-hybridized carbons (Fsp3) is 0.167. The Labute approximate surface area is 134 Å². The molecule has 3 rings (SSSR count). The Morgan fingerprint density at radius 3 is 2.41 bits per heavy atom. The molecular formula is C18H17N3S. The summed E-state index contributed by atoms with van der Waals surface area (Å²) in [5, 5.41) is 9.64. The molecule has 0 spiro atoms. The summed E-state index contributed by atoms with van der Waals surface area (Å²) < 4.78 is 0. The van der Waals surface area contributed by atoms with Gasteiger partial charge in [0.25, 0.3) is 0 Å². The minimum Gasteiger partial charge on any atom is -0.265 e. The summed E-state index contributed by atoms with van der Waals surface area (Å²) in [5.74, 6) is 0.875. The number of aromatic nitrogens is 3.